The van der Waals surface area contributed by atoms with Crippen molar-refractivity contribution in [3.05, 3.63) is 24.2 Å². The fourth-order valence-electron chi connectivity index (χ4n) is 1.63. The van der Waals surface area contributed by atoms with Crippen LogP contribution in [0, 0.1) is 0 Å². The number of nitrogens with one attached hydrogen (secondary N) is 1. The lowest BCUT2D eigenvalue weighted by atomic mass is 10.1. The van der Waals surface area contributed by atoms with Gasteiger partial charge in [0.1, 0.15) is 5.76 Å². The van der Waals surface area contributed by atoms with Gasteiger partial charge in [-0.05, 0) is 31.5 Å². The van der Waals surface area contributed by atoms with Gasteiger partial charge in [-0.2, -0.15) is 0 Å². The van der Waals surface area contributed by atoms with Gasteiger partial charge >= 0.3 is 0 Å². The van der Waals surface area contributed by atoms with Crippen molar-refractivity contribution in [2.24, 2.45) is 0 Å². The van der Waals surface area contributed by atoms with E-state index in [0.29, 0.717) is 0 Å². The van der Waals surface area contributed by atoms with Crippen LogP contribution >= 0.6 is 0 Å². The van der Waals surface area contributed by atoms with E-state index in [2.05, 4.69) is 19.2 Å². The molecule has 1 rings (SSSR count). The first kappa shape index (κ1) is 13.3. The van der Waals surface area contributed by atoms with E-state index in [1.54, 1.807) is 6.26 Å². The molecule has 0 fully saturated rings. The molecule has 16 heavy (non-hydrogen) atoms. The summed E-state index contributed by atoms with van der Waals surface area (Å²) >= 11 is 0. The van der Waals surface area contributed by atoms with Gasteiger partial charge in [-0.1, -0.05) is 20.3 Å². The summed E-state index contributed by atoms with van der Waals surface area (Å²) in [7, 11) is 0. The molecule has 0 aliphatic rings. The molecule has 1 heterocycles. The molecule has 0 aliphatic heterocycles. The van der Waals surface area contributed by atoms with E-state index >= 15 is 0 Å². The van der Waals surface area contributed by atoms with E-state index in [-0.39, 0.29) is 6.04 Å². The quantitative estimate of drug-likeness (QED) is 0.656. The summed E-state index contributed by atoms with van der Waals surface area (Å²) in [6.07, 6.45) is 5.02. The first-order valence-electron chi connectivity index (χ1n) is 6.23. The Morgan fingerprint density at radius 3 is 2.88 bits per heavy atom. The number of rotatable bonds is 9. The third-order valence-corrected chi connectivity index (χ3v) is 2.53. The number of hydrogen-bond acceptors (Lipinski definition) is 3. The molecule has 0 aliphatic carbocycles. The molecular formula is C13H23NO2. The zero-order valence-electron chi connectivity index (χ0n) is 10.4. The maximum Gasteiger partial charge on any atom is 0.120 e. The van der Waals surface area contributed by atoms with Crippen molar-refractivity contribution >= 4 is 0 Å². The maximum absolute atomic E-state index is 5.57. The van der Waals surface area contributed by atoms with Crippen LogP contribution in [-0.2, 0) is 4.74 Å². The van der Waals surface area contributed by atoms with Crippen molar-refractivity contribution in [3.63, 3.8) is 0 Å². The van der Waals surface area contributed by atoms with E-state index in [1.807, 2.05) is 12.1 Å². The Balaban J connectivity index is 2.24. The van der Waals surface area contributed by atoms with E-state index in [4.69, 9.17) is 9.15 Å². The van der Waals surface area contributed by atoms with Crippen LogP contribution in [0.15, 0.2) is 22.8 Å². The van der Waals surface area contributed by atoms with Crippen LogP contribution in [-0.4, -0.2) is 19.8 Å². The largest absolute Gasteiger partial charge is 0.468 e. The standard InChI is InChI=1S/C13H23NO2/c1-3-5-9-15-11-8-12(14-4-2)13-7-6-10-16-13/h6-7,10,12,14H,3-5,8-9,11H2,1-2H3. The molecule has 3 heteroatoms. The third-order valence-electron chi connectivity index (χ3n) is 2.53. The summed E-state index contributed by atoms with van der Waals surface area (Å²) in [4.78, 5) is 0. The molecule has 0 radical (unpaired) electrons. The number of furan rings is 1. The Hall–Kier alpha value is -0.800. The molecule has 3 nitrogen and oxygen atoms in total. The lowest BCUT2D eigenvalue weighted by Crippen LogP contribution is -2.22. The molecule has 0 aromatic carbocycles. The molecule has 0 bridgehead atoms. The molecule has 0 amide bonds. The van der Waals surface area contributed by atoms with Crippen molar-refractivity contribution in [1.29, 1.82) is 0 Å². The second-order valence-corrected chi connectivity index (χ2v) is 3.88. The van der Waals surface area contributed by atoms with Crippen LogP contribution in [0.1, 0.15) is 44.9 Å². The second kappa shape index (κ2) is 8.36. The molecule has 0 saturated carbocycles. The zero-order chi connectivity index (χ0) is 11.6. The number of hydrogen-bond donors (Lipinski definition) is 1. The van der Waals surface area contributed by atoms with Crippen molar-refractivity contribution in [2.75, 3.05) is 19.8 Å². The van der Waals surface area contributed by atoms with Gasteiger partial charge in [0.05, 0.1) is 12.3 Å². The molecule has 92 valence electrons. The number of unbranched alkanes of at least 4 members (excludes halogenated alkanes) is 1. The van der Waals surface area contributed by atoms with Crippen LogP contribution in [0.3, 0.4) is 0 Å². The molecule has 1 N–H and O–H groups in total. The summed E-state index contributed by atoms with van der Waals surface area (Å²) in [5, 5.41) is 3.40. The minimum atomic E-state index is 0.279. The van der Waals surface area contributed by atoms with Crippen LogP contribution in [0.4, 0.5) is 0 Å². The van der Waals surface area contributed by atoms with Gasteiger partial charge in [0.2, 0.25) is 0 Å². The molecular weight excluding hydrogens is 202 g/mol. The van der Waals surface area contributed by atoms with Gasteiger partial charge in [-0.15, -0.1) is 0 Å². The fraction of sp³-hybridized carbons (Fsp3) is 0.692. The SMILES string of the molecule is CCCCOCCC(NCC)c1ccco1. The lowest BCUT2D eigenvalue weighted by Gasteiger charge is -2.15. The highest BCUT2D eigenvalue weighted by atomic mass is 16.5. The highest BCUT2D eigenvalue weighted by Gasteiger charge is 2.12. The molecule has 1 unspecified atom stereocenters. The Labute approximate surface area is 98.2 Å². The van der Waals surface area contributed by atoms with Crippen LogP contribution < -0.4 is 5.32 Å². The van der Waals surface area contributed by atoms with Crippen LogP contribution in [0.5, 0.6) is 0 Å². The van der Waals surface area contributed by atoms with E-state index in [9.17, 15) is 0 Å². The van der Waals surface area contributed by atoms with Crippen molar-refractivity contribution in [3.8, 4) is 0 Å². The Morgan fingerprint density at radius 2 is 2.25 bits per heavy atom. The monoisotopic (exact) mass is 225 g/mol. The minimum Gasteiger partial charge on any atom is -0.468 e. The third kappa shape index (κ3) is 4.81. The smallest absolute Gasteiger partial charge is 0.120 e. The maximum atomic E-state index is 5.57. The van der Waals surface area contributed by atoms with Crippen molar-refractivity contribution in [2.45, 2.75) is 39.2 Å². The first-order chi connectivity index (χ1) is 7.88. The molecule has 0 saturated heterocycles. The Kier molecular flexibility index (Phi) is 6.93. The van der Waals surface area contributed by atoms with Crippen LogP contribution in [0.2, 0.25) is 0 Å². The van der Waals surface area contributed by atoms with Gasteiger partial charge in [-0.3, -0.25) is 0 Å². The van der Waals surface area contributed by atoms with Gasteiger partial charge in [0.15, 0.2) is 0 Å². The van der Waals surface area contributed by atoms with Crippen LogP contribution in [0.25, 0.3) is 0 Å². The van der Waals surface area contributed by atoms with E-state index in [1.165, 1.54) is 6.42 Å². The summed E-state index contributed by atoms with van der Waals surface area (Å²) < 4.78 is 11.0. The Morgan fingerprint density at radius 1 is 1.38 bits per heavy atom. The summed E-state index contributed by atoms with van der Waals surface area (Å²) in [5.74, 6) is 1.00. The lowest BCUT2D eigenvalue weighted by molar-refractivity contribution is 0.119. The van der Waals surface area contributed by atoms with E-state index < -0.39 is 0 Å². The van der Waals surface area contributed by atoms with Gasteiger partial charge in [0, 0.05) is 13.2 Å². The average molecular weight is 225 g/mol. The molecule has 1 aromatic heterocycles. The second-order valence-electron chi connectivity index (χ2n) is 3.88. The first-order valence-corrected chi connectivity index (χ1v) is 6.23. The zero-order valence-corrected chi connectivity index (χ0v) is 10.4. The molecule has 1 atom stereocenters. The molecule has 0 spiro atoms. The predicted molar refractivity (Wildman–Crippen MR) is 65.5 cm³/mol. The van der Waals surface area contributed by atoms with Gasteiger partial charge < -0.3 is 14.5 Å². The summed E-state index contributed by atoms with van der Waals surface area (Å²) in [5.41, 5.74) is 0. The Bertz CT molecular complexity index is 246. The molecule has 1 aromatic rings. The van der Waals surface area contributed by atoms with E-state index in [0.717, 1.165) is 38.4 Å². The highest BCUT2D eigenvalue weighted by Crippen LogP contribution is 2.16. The average Bonchev–Trinajstić information content (AvgIpc) is 2.81. The van der Waals surface area contributed by atoms with Crippen molar-refractivity contribution < 1.29 is 9.15 Å². The van der Waals surface area contributed by atoms with Gasteiger partial charge in [0.25, 0.3) is 0 Å². The normalized spacial score (nSPS) is 12.9. The van der Waals surface area contributed by atoms with Crippen molar-refractivity contribution in [1.82, 2.24) is 5.32 Å². The summed E-state index contributed by atoms with van der Waals surface area (Å²) in [6, 6.07) is 4.22. The topological polar surface area (TPSA) is 34.4 Å². The number of ether oxygens (including phenoxy) is 1. The minimum absolute atomic E-state index is 0.279. The van der Waals surface area contributed by atoms with Gasteiger partial charge in [-0.25, -0.2) is 0 Å². The summed E-state index contributed by atoms with van der Waals surface area (Å²) in [6.45, 7) is 6.88. The highest BCUT2D eigenvalue weighted by molar-refractivity contribution is 5.04. The predicted octanol–water partition coefficient (Wildman–Crippen LogP) is 3.14. The fourth-order valence-corrected chi connectivity index (χ4v) is 1.63.